The molecule has 2 aromatic rings. The average molecular weight is 756 g/mol. The molecule has 2 aromatic heterocycles. The Bertz CT molecular complexity index is 1020. The first-order chi connectivity index (χ1) is 22.1. The molecule has 0 saturated carbocycles. The summed E-state index contributed by atoms with van der Waals surface area (Å²) in [5.74, 6) is 0.394. The van der Waals surface area contributed by atoms with E-state index >= 15 is 0 Å². The third-order valence-corrected chi connectivity index (χ3v) is 6.73. The molecule has 0 aliphatic rings. The van der Waals surface area contributed by atoms with Gasteiger partial charge in [0.1, 0.15) is 15.8 Å². The van der Waals surface area contributed by atoms with Gasteiger partial charge in [0, 0.05) is 26.1 Å². The number of fused-ring (bicyclic) bond motifs is 1. The van der Waals surface area contributed by atoms with Gasteiger partial charge in [0.2, 0.25) is 5.91 Å². The van der Waals surface area contributed by atoms with Crippen LogP contribution < -0.4 is 16.8 Å². The van der Waals surface area contributed by atoms with Gasteiger partial charge in [-0.05, 0) is 35.4 Å². The number of nitrogens with one attached hydrogen (secondary N) is 1. The van der Waals surface area contributed by atoms with Crippen molar-refractivity contribution in [2.45, 2.75) is 25.8 Å². The average Bonchev–Trinajstić information content (AvgIpc) is 3.36. The fraction of sp³-hybridized carbons (Fsp3) is 0.786. The lowest BCUT2D eigenvalue weighted by Gasteiger charge is -2.09. The van der Waals surface area contributed by atoms with Gasteiger partial charge in [-0.15, -0.1) is 0 Å². The molecular formula is C28H50IN7O9. The molecule has 0 fully saturated rings. The van der Waals surface area contributed by atoms with Crippen molar-refractivity contribution in [3.05, 3.63) is 10.0 Å². The van der Waals surface area contributed by atoms with Gasteiger partial charge in [-0.3, -0.25) is 4.79 Å². The lowest BCUT2D eigenvalue weighted by molar-refractivity contribution is -0.122. The molecule has 5 N–H and O–H groups in total. The minimum atomic E-state index is -0.0369. The Kier molecular flexibility index (Phi) is 23.9. The maximum atomic E-state index is 12.0. The molecule has 1 amide bonds. The van der Waals surface area contributed by atoms with Crippen LogP contribution in [0.2, 0.25) is 0 Å². The van der Waals surface area contributed by atoms with Crippen molar-refractivity contribution in [1.29, 1.82) is 0 Å². The summed E-state index contributed by atoms with van der Waals surface area (Å²) in [6.07, 6.45) is 3.42. The second-order valence-corrected chi connectivity index (χ2v) is 10.5. The van der Waals surface area contributed by atoms with Gasteiger partial charge in [-0.1, -0.05) is 0 Å². The number of ether oxygens (including phenoxy) is 8. The molecule has 0 radical (unpaired) electrons. The largest absolute Gasteiger partial charge is 0.383 e. The normalized spacial score (nSPS) is 11.5. The number of anilines is 1. The topological polar surface area (TPSA) is 199 Å². The molecule has 0 aliphatic heterocycles. The number of amides is 1. The van der Waals surface area contributed by atoms with Crippen LogP contribution in [0.3, 0.4) is 0 Å². The molecule has 0 saturated heterocycles. The van der Waals surface area contributed by atoms with E-state index < -0.39 is 0 Å². The minimum absolute atomic E-state index is 0.0369. The summed E-state index contributed by atoms with van der Waals surface area (Å²) in [6, 6.07) is 0. The van der Waals surface area contributed by atoms with E-state index in [1.165, 1.54) is 6.33 Å². The van der Waals surface area contributed by atoms with E-state index in [1.807, 2.05) is 4.68 Å². The maximum absolute atomic E-state index is 12.0. The lowest BCUT2D eigenvalue weighted by Crippen LogP contribution is -2.26. The summed E-state index contributed by atoms with van der Waals surface area (Å²) in [7, 11) is 0. The van der Waals surface area contributed by atoms with E-state index in [1.54, 1.807) is 0 Å². The predicted octanol–water partition coefficient (Wildman–Crippen LogP) is 0.391. The van der Waals surface area contributed by atoms with Crippen LogP contribution in [0.1, 0.15) is 19.3 Å². The second kappa shape index (κ2) is 27.3. The van der Waals surface area contributed by atoms with E-state index in [9.17, 15) is 4.79 Å². The van der Waals surface area contributed by atoms with Gasteiger partial charge < -0.3 is 54.7 Å². The van der Waals surface area contributed by atoms with Gasteiger partial charge >= 0.3 is 0 Å². The first-order valence-electron chi connectivity index (χ1n) is 15.3. The number of aromatic nitrogens is 4. The molecule has 0 atom stereocenters. The standard InChI is InChI=1S/C28H50IN7O9/c29-26-25-27(31)33-23-34-28(25)36(35-26)6-2-1-5-32-24(37)3-7-38-9-11-40-13-15-42-17-19-44-21-22-45-20-18-43-16-14-41-12-10-39-8-4-30/h23H,1-22,30H2,(H,32,37)(H2,31,33,34). The summed E-state index contributed by atoms with van der Waals surface area (Å²) < 4.78 is 45.9. The third-order valence-electron chi connectivity index (χ3n) is 5.97. The Balaban J connectivity index is 1.24. The highest BCUT2D eigenvalue weighted by Crippen LogP contribution is 2.22. The summed E-state index contributed by atoms with van der Waals surface area (Å²) in [6.45, 7) is 9.62. The maximum Gasteiger partial charge on any atom is 0.222 e. The number of hydrogen-bond donors (Lipinski definition) is 3. The molecule has 0 spiro atoms. The predicted molar refractivity (Wildman–Crippen MR) is 175 cm³/mol. The van der Waals surface area contributed by atoms with Crippen LogP contribution >= 0.6 is 22.6 Å². The zero-order valence-corrected chi connectivity index (χ0v) is 28.3. The van der Waals surface area contributed by atoms with Crippen molar-refractivity contribution < 1.29 is 42.7 Å². The third kappa shape index (κ3) is 19.5. The molecule has 45 heavy (non-hydrogen) atoms. The second-order valence-electron chi connectivity index (χ2n) is 9.47. The van der Waals surface area contributed by atoms with E-state index in [0.29, 0.717) is 138 Å². The summed E-state index contributed by atoms with van der Waals surface area (Å²) in [5, 5.41) is 8.18. The number of unbranched alkanes of at least 4 members (excludes halogenated alkanes) is 1. The van der Waals surface area contributed by atoms with E-state index in [-0.39, 0.29) is 5.91 Å². The SMILES string of the molecule is NCCOCCOCCOCCOCCOCCOCCOCCOCCC(=O)NCCCCn1nc(I)c2c(N)ncnc21. The summed E-state index contributed by atoms with van der Waals surface area (Å²) in [4.78, 5) is 20.3. The Labute approximate surface area is 278 Å². The fourth-order valence-electron chi connectivity index (χ4n) is 3.73. The number of nitrogen functional groups attached to an aromatic ring is 1. The Morgan fingerprint density at radius 1 is 0.711 bits per heavy atom. The molecule has 0 unspecified atom stereocenters. The zero-order valence-electron chi connectivity index (χ0n) is 26.1. The van der Waals surface area contributed by atoms with Crippen LogP contribution in [0, 0.1) is 3.70 Å². The monoisotopic (exact) mass is 755 g/mol. The minimum Gasteiger partial charge on any atom is -0.383 e. The van der Waals surface area contributed by atoms with Gasteiger partial charge in [-0.2, -0.15) is 5.10 Å². The van der Waals surface area contributed by atoms with Crippen LogP contribution in [-0.4, -0.2) is 144 Å². The highest BCUT2D eigenvalue weighted by atomic mass is 127. The van der Waals surface area contributed by atoms with Crippen molar-refractivity contribution in [3.63, 3.8) is 0 Å². The number of nitrogens with zero attached hydrogens (tertiary/aromatic N) is 4. The van der Waals surface area contributed by atoms with Gasteiger partial charge in [0.15, 0.2) is 5.65 Å². The quantitative estimate of drug-likeness (QED) is 0.0706. The Morgan fingerprint density at radius 2 is 1.18 bits per heavy atom. The van der Waals surface area contributed by atoms with Crippen LogP contribution in [0.25, 0.3) is 11.0 Å². The Morgan fingerprint density at radius 3 is 1.67 bits per heavy atom. The summed E-state index contributed by atoms with van der Waals surface area (Å²) >= 11 is 2.13. The van der Waals surface area contributed by atoms with E-state index in [4.69, 9.17) is 49.4 Å². The van der Waals surface area contributed by atoms with Crippen molar-refractivity contribution >= 4 is 45.3 Å². The number of aryl methyl sites for hydroxylation is 1. The van der Waals surface area contributed by atoms with Gasteiger partial charge in [-0.25, -0.2) is 14.6 Å². The number of carbonyl (C=O) groups excluding carboxylic acids is 1. The molecular weight excluding hydrogens is 705 g/mol. The van der Waals surface area contributed by atoms with Crippen molar-refractivity contribution in [1.82, 2.24) is 25.1 Å². The molecule has 0 bridgehead atoms. The van der Waals surface area contributed by atoms with E-state index in [2.05, 4.69) is 43.0 Å². The van der Waals surface area contributed by atoms with Crippen molar-refractivity contribution in [2.24, 2.45) is 5.73 Å². The Hall–Kier alpha value is -1.81. The smallest absolute Gasteiger partial charge is 0.222 e. The zero-order chi connectivity index (χ0) is 32.2. The van der Waals surface area contributed by atoms with Crippen LogP contribution in [0.5, 0.6) is 0 Å². The number of hydrogen-bond acceptors (Lipinski definition) is 14. The van der Waals surface area contributed by atoms with Crippen LogP contribution in [-0.2, 0) is 49.2 Å². The summed E-state index contributed by atoms with van der Waals surface area (Å²) in [5.41, 5.74) is 12.0. The highest BCUT2D eigenvalue weighted by Gasteiger charge is 2.13. The van der Waals surface area contributed by atoms with Crippen LogP contribution in [0.15, 0.2) is 6.33 Å². The van der Waals surface area contributed by atoms with Crippen molar-refractivity contribution in [3.8, 4) is 0 Å². The molecule has 0 aromatic carbocycles. The number of carbonyl (C=O) groups is 1. The lowest BCUT2D eigenvalue weighted by atomic mass is 10.3. The van der Waals surface area contributed by atoms with Crippen molar-refractivity contribution in [2.75, 3.05) is 125 Å². The number of halogens is 1. The molecule has 2 rings (SSSR count). The molecule has 0 aliphatic carbocycles. The number of nitrogens with two attached hydrogens (primary N) is 2. The molecule has 17 heteroatoms. The molecule has 2 heterocycles. The fourth-order valence-corrected chi connectivity index (χ4v) is 4.51. The first-order valence-corrected chi connectivity index (χ1v) is 16.4. The molecule has 16 nitrogen and oxygen atoms in total. The van der Waals surface area contributed by atoms with E-state index in [0.717, 1.165) is 27.6 Å². The van der Waals surface area contributed by atoms with Gasteiger partial charge in [0.05, 0.1) is 111 Å². The van der Waals surface area contributed by atoms with Gasteiger partial charge in [0.25, 0.3) is 0 Å². The highest BCUT2D eigenvalue weighted by molar-refractivity contribution is 14.1. The first kappa shape index (κ1) is 39.4. The molecule has 258 valence electrons. The van der Waals surface area contributed by atoms with Crippen LogP contribution in [0.4, 0.5) is 5.82 Å². The number of rotatable bonds is 31.